The Balaban J connectivity index is 1.70. The number of sulfonamides is 1. The summed E-state index contributed by atoms with van der Waals surface area (Å²) >= 11 is 1.06. The van der Waals surface area contributed by atoms with Crippen molar-refractivity contribution in [2.24, 2.45) is 4.99 Å². The van der Waals surface area contributed by atoms with Crippen LogP contribution in [0.1, 0.15) is 23.2 Å². The largest absolute Gasteiger partial charge is 0.468 e. The first-order chi connectivity index (χ1) is 15.2. The molecule has 1 fully saturated rings. The number of hydrogen-bond donors (Lipinski definition) is 0. The van der Waals surface area contributed by atoms with Gasteiger partial charge in [0.1, 0.15) is 12.4 Å². The molecular formula is C21H20FN3O5S2. The zero-order valence-electron chi connectivity index (χ0n) is 17.3. The van der Waals surface area contributed by atoms with Crippen molar-refractivity contribution in [3.8, 4) is 0 Å². The summed E-state index contributed by atoms with van der Waals surface area (Å²) in [7, 11) is -0.868. The summed E-state index contributed by atoms with van der Waals surface area (Å²) in [5.74, 6) is -1.81. The Morgan fingerprint density at radius 3 is 2.53 bits per heavy atom. The number of ether oxygens (including phenoxy) is 1. The molecular weight excluding hydrogens is 457 g/mol. The monoisotopic (exact) mass is 477 g/mol. The third-order valence-electron chi connectivity index (χ3n) is 5.20. The molecule has 2 aromatic carbocycles. The molecule has 1 aliphatic carbocycles. The number of hydrogen-bond acceptors (Lipinski definition) is 6. The van der Waals surface area contributed by atoms with Crippen LogP contribution >= 0.6 is 11.3 Å². The topological polar surface area (TPSA) is 98.0 Å². The standard InChI is InChI=1S/C21H20FN3O5S2/c1-24(14-8-9-14)32(28,29)15-10-6-13(7-11-15)20(27)23-21-25(12-18(26)30-2)19-16(22)4-3-5-17(19)31-21/h3-7,10-11,14H,8-9,12H2,1-2H3. The fourth-order valence-corrected chi connectivity index (χ4v) is 5.69. The maximum atomic E-state index is 14.4. The Morgan fingerprint density at radius 2 is 1.91 bits per heavy atom. The molecule has 32 heavy (non-hydrogen) atoms. The second kappa shape index (κ2) is 8.57. The number of methoxy groups -OCH3 is 1. The molecule has 0 saturated heterocycles. The van der Waals surface area contributed by atoms with Gasteiger partial charge in [0, 0.05) is 18.7 Å². The van der Waals surface area contributed by atoms with Crippen molar-refractivity contribution in [2.45, 2.75) is 30.3 Å². The molecule has 0 aliphatic heterocycles. The minimum Gasteiger partial charge on any atom is -0.468 e. The molecule has 1 amide bonds. The quantitative estimate of drug-likeness (QED) is 0.508. The molecule has 1 heterocycles. The Labute approximate surface area is 187 Å². The van der Waals surface area contributed by atoms with E-state index in [0.29, 0.717) is 4.70 Å². The van der Waals surface area contributed by atoms with Crippen molar-refractivity contribution in [1.29, 1.82) is 0 Å². The highest BCUT2D eigenvalue weighted by atomic mass is 32.2. The van der Waals surface area contributed by atoms with Gasteiger partial charge in [-0.1, -0.05) is 17.4 Å². The summed E-state index contributed by atoms with van der Waals surface area (Å²) in [5, 5.41) is 0. The molecule has 0 radical (unpaired) electrons. The molecule has 11 heteroatoms. The molecule has 1 saturated carbocycles. The van der Waals surface area contributed by atoms with Crippen LogP contribution in [-0.2, 0) is 26.1 Å². The Hall–Kier alpha value is -2.89. The van der Waals surface area contributed by atoms with E-state index in [2.05, 4.69) is 9.73 Å². The molecule has 168 valence electrons. The molecule has 0 spiro atoms. The van der Waals surface area contributed by atoms with Gasteiger partial charge in [0.25, 0.3) is 5.91 Å². The lowest BCUT2D eigenvalue weighted by Crippen LogP contribution is -2.28. The van der Waals surface area contributed by atoms with Crippen LogP contribution in [0.15, 0.2) is 52.4 Å². The van der Waals surface area contributed by atoms with E-state index in [4.69, 9.17) is 0 Å². The summed E-state index contributed by atoms with van der Waals surface area (Å²) in [6.45, 7) is -0.311. The van der Waals surface area contributed by atoms with E-state index in [0.717, 1.165) is 24.2 Å². The van der Waals surface area contributed by atoms with Gasteiger partial charge < -0.3 is 9.30 Å². The Kier molecular flexibility index (Phi) is 5.97. The van der Waals surface area contributed by atoms with Crippen molar-refractivity contribution in [3.05, 3.63) is 58.6 Å². The van der Waals surface area contributed by atoms with Gasteiger partial charge in [0.15, 0.2) is 4.80 Å². The maximum absolute atomic E-state index is 14.4. The summed E-state index contributed by atoms with van der Waals surface area (Å²) < 4.78 is 47.5. The predicted octanol–water partition coefficient (Wildman–Crippen LogP) is 2.54. The number of aromatic nitrogens is 1. The lowest BCUT2D eigenvalue weighted by Gasteiger charge is -2.16. The van der Waals surface area contributed by atoms with Crippen molar-refractivity contribution in [3.63, 3.8) is 0 Å². The number of halogens is 1. The van der Waals surface area contributed by atoms with Gasteiger partial charge in [-0.05, 0) is 49.2 Å². The number of carbonyl (C=O) groups excluding carboxylic acids is 2. The molecule has 8 nitrogen and oxygen atoms in total. The van der Waals surface area contributed by atoms with Crippen LogP contribution in [0.5, 0.6) is 0 Å². The number of rotatable bonds is 6. The van der Waals surface area contributed by atoms with E-state index in [9.17, 15) is 22.4 Å². The number of esters is 1. The molecule has 0 atom stereocenters. The van der Waals surface area contributed by atoms with Crippen molar-refractivity contribution in [2.75, 3.05) is 14.2 Å². The minimum atomic E-state index is -3.63. The number of nitrogens with zero attached hydrogens (tertiary/aromatic N) is 3. The summed E-state index contributed by atoms with van der Waals surface area (Å²) in [6.07, 6.45) is 1.68. The SMILES string of the molecule is COC(=O)Cn1c(=NC(=O)c2ccc(S(=O)(=O)N(C)C3CC3)cc2)sc2cccc(F)c21. The van der Waals surface area contributed by atoms with Crippen LogP contribution in [0.25, 0.3) is 10.2 Å². The highest BCUT2D eigenvalue weighted by molar-refractivity contribution is 7.89. The highest BCUT2D eigenvalue weighted by Gasteiger charge is 2.35. The Morgan fingerprint density at radius 1 is 1.22 bits per heavy atom. The van der Waals surface area contributed by atoms with E-state index in [1.54, 1.807) is 13.1 Å². The molecule has 1 aliphatic rings. The fourth-order valence-electron chi connectivity index (χ4n) is 3.23. The third kappa shape index (κ3) is 4.23. The van der Waals surface area contributed by atoms with Crippen molar-refractivity contribution < 1.29 is 27.1 Å². The summed E-state index contributed by atoms with van der Waals surface area (Å²) in [5.41, 5.74) is 0.319. The number of benzene rings is 2. The first-order valence-electron chi connectivity index (χ1n) is 9.74. The average Bonchev–Trinajstić information content (AvgIpc) is 3.57. The highest BCUT2D eigenvalue weighted by Crippen LogP contribution is 2.30. The van der Waals surface area contributed by atoms with E-state index in [-0.39, 0.29) is 33.4 Å². The van der Waals surface area contributed by atoms with Gasteiger partial charge in [0.2, 0.25) is 10.0 Å². The lowest BCUT2D eigenvalue weighted by atomic mass is 10.2. The minimum absolute atomic E-state index is 0.0231. The van der Waals surface area contributed by atoms with Gasteiger partial charge in [0.05, 0.1) is 22.2 Å². The molecule has 0 bridgehead atoms. The maximum Gasteiger partial charge on any atom is 0.325 e. The Bertz CT molecular complexity index is 1370. The first kappa shape index (κ1) is 22.3. The summed E-state index contributed by atoms with van der Waals surface area (Å²) in [4.78, 5) is 28.9. The summed E-state index contributed by atoms with van der Waals surface area (Å²) in [6, 6.07) is 9.97. The zero-order valence-corrected chi connectivity index (χ0v) is 19.0. The number of fused-ring (bicyclic) bond motifs is 1. The number of amides is 1. The molecule has 3 aromatic rings. The van der Waals surface area contributed by atoms with Gasteiger partial charge in [-0.2, -0.15) is 9.30 Å². The van der Waals surface area contributed by atoms with Gasteiger partial charge in [-0.15, -0.1) is 0 Å². The van der Waals surface area contributed by atoms with Crippen molar-refractivity contribution in [1.82, 2.24) is 8.87 Å². The lowest BCUT2D eigenvalue weighted by molar-refractivity contribution is -0.141. The van der Waals surface area contributed by atoms with Gasteiger partial charge in [-0.25, -0.2) is 12.8 Å². The number of para-hydroxylation sites is 1. The van der Waals surface area contributed by atoms with Gasteiger partial charge in [-0.3, -0.25) is 9.59 Å². The van der Waals surface area contributed by atoms with Crippen LogP contribution < -0.4 is 4.80 Å². The first-order valence-corrected chi connectivity index (χ1v) is 12.0. The van der Waals surface area contributed by atoms with E-state index < -0.39 is 27.7 Å². The smallest absolute Gasteiger partial charge is 0.325 e. The second-order valence-electron chi connectivity index (χ2n) is 7.33. The van der Waals surface area contributed by atoms with Crippen LogP contribution in [-0.4, -0.2) is 49.4 Å². The van der Waals surface area contributed by atoms with Gasteiger partial charge >= 0.3 is 5.97 Å². The second-order valence-corrected chi connectivity index (χ2v) is 10.3. The van der Waals surface area contributed by atoms with E-state index in [1.807, 2.05) is 0 Å². The average molecular weight is 478 g/mol. The molecule has 0 N–H and O–H groups in total. The fraction of sp³-hybridized carbons (Fsp3) is 0.286. The predicted molar refractivity (Wildman–Crippen MR) is 116 cm³/mol. The number of thiazole rings is 1. The zero-order chi connectivity index (χ0) is 23.0. The number of carbonyl (C=O) groups is 2. The van der Waals surface area contributed by atoms with E-state index in [1.165, 1.54) is 52.4 Å². The normalized spacial score (nSPS) is 14.8. The van der Waals surface area contributed by atoms with Crippen LogP contribution in [0.2, 0.25) is 0 Å². The molecule has 4 rings (SSSR count). The van der Waals surface area contributed by atoms with Crippen LogP contribution in [0.3, 0.4) is 0 Å². The van der Waals surface area contributed by atoms with Crippen LogP contribution in [0.4, 0.5) is 4.39 Å². The van der Waals surface area contributed by atoms with Crippen LogP contribution in [0, 0.1) is 5.82 Å². The molecule has 1 aromatic heterocycles. The molecule has 0 unspecified atom stereocenters. The third-order valence-corrected chi connectivity index (χ3v) is 8.17. The van der Waals surface area contributed by atoms with Crippen molar-refractivity contribution >= 4 is 43.5 Å². The van der Waals surface area contributed by atoms with E-state index >= 15 is 0 Å².